The largest absolute Gasteiger partial charge is 0.504 e. The van der Waals surface area contributed by atoms with E-state index in [1.807, 2.05) is 19.2 Å². The van der Waals surface area contributed by atoms with Gasteiger partial charge in [-0.15, -0.1) is 0 Å². The molecule has 3 atom stereocenters. The average molecular weight is 353 g/mol. The van der Waals surface area contributed by atoms with Crippen molar-refractivity contribution >= 4 is 10.4 Å². The molecular formula is C16H19NO6S. The molecule has 130 valence electrons. The van der Waals surface area contributed by atoms with Crippen molar-refractivity contribution in [3.8, 4) is 11.5 Å². The second-order valence-corrected chi connectivity index (χ2v) is 7.79. The molecule has 0 saturated heterocycles. The van der Waals surface area contributed by atoms with Crippen LogP contribution in [-0.2, 0) is 26.5 Å². The Hall–Kier alpha value is -1.61. The Morgan fingerprint density at radius 2 is 2.21 bits per heavy atom. The first kappa shape index (κ1) is 15.9. The van der Waals surface area contributed by atoms with Crippen LogP contribution in [0.4, 0.5) is 0 Å². The summed E-state index contributed by atoms with van der Waals surface area (Å²) in [5, 5.41) is 10.2. The molecule has 2 heterocycles. The van der Waals surface area contributed by atoms with E-state index in [1.165, 1.54) is 0 Å². The van der Waals surface area contributed by atoms with Gasteiger partial charge < -0.3 is 14.7 Å². The van der Waals surface area contributed by atoms with Crippen LogP contribution in [0.3, 0.4) is 0 Å². The molecule has 7 nitrogen and oxygen atoms in total. The van der Waals surface area contributed by atoms with E-state index < -0.39 is 21.9 Å². The number of phenolic OH excluding ortho intramolecular Hbond substituents is 1. The fraction of sp³-hybridized carbons (Fsp3) is 0.500. The lowest BCUT2D eigenvalue weighted by molar-refractivity contribution is 0.0890. The van der Waals surface area contributed by atoms with E-state index in [-0.39, 0.29) is 18.3 Å². The molecule has 1 aliphatic carbocycles. The zero-order valence-corrected chi connectivity index (χ0v) is 14.0. The topological polar surface area (TPSA) is 96.3 Å². The van der Waals surface area contributed by atoms with Gasteiger partial charge in [-0.05, 0) is 31.6 Å². The van der Waals surface area contributed by atoms with Crippen LogP contribution in [0.25, 0.3) is 0 Å². The summed E-state index contributed by atoms with van der Waals surface area (Å²) in [5.74, 6) is 0.567. The third-order valence-electron chi connectivity index (χ3n) is 5.17. The SMILES string of the molecule is CN1CCC23C=C[C@H](OS(=O)(=O)O)C[C@@H]2Oc2c(O)ccc(c23)C1. The quantitative estimate of drug-likeness (QED) is 0.612. The maximum atomic E-state index is 11.0. The Kier molecular flexibility index (Phi) is 3.44. The Bertz CT molecular complexity index is 820. The molecule has 2 N–H and O–H groups in total. The minimum Gasteiger partial charge on any atom is -0.504 e. The molecule has 1 aromatic carbocycles. The van der Waals surface area contributed by atoms with Gasteiger partial charge in [-0.3, -0.25) is 4.55 Å². The summed E-state index contributed by atoms with van der Waals surface area (Å²) in [7, 11) is -2.48. The van der Waals surface area contributed by atoms with Gasteiger partial charge >= 0.3 is 10.4 Å². The zero-order valence-electron chi connectivity index (χ0n) is 13.2. The van der Waals surface area contributed by atoms with Crippen molar-refractivity contribution in [2.45, 2.75) is 37.0 Å². The van der Waals surface area contributed by atoms with Gasteiger partial charge in [-0.2, -0.15) is 8.42 Å². The van der Waals surface area contributed by atoms with Crippen LogP contribution in [0.2, 0.25) is 0 Å². The third kappa shape index (κ3) is 2.41. The molecule has 0 fully saturated rings. The summed E-state index contributed by atoms with van der Waals surface area (Å²) < 4.78 is 41.6. The highest BCUT2D eigenvalue weighted by Crippen LogP contribution is 2.55. The molecule has 24 heavy (non-hydrogen) atoms. The molecule has 1 unspecified atom stereocenters. The smallest absolute Gasteiger partial charge is 0.397 e. The van der Waals surface area contributed by atoms with Crippen LogP contribution >= 0.6 is 0 Å². The molecule has 0 amide bonds. The van der Waals surface area contributed by atoms with Gasteiger partial charge in [0.2, 0.25) is 0 Å². The molecule has 2 aliphatic heterocycles. The maximum absolute atomic E-state index is 11.0. The molecule has 3 aliphatic rings. The number of nitrogens with zero attached hydrogens (tertiary/aromatic N) is 1. The van der Waals surface area contributed by atoms with Crippen LogP contribution < -0.4 is 4.74 Å². The lowest BCUT2D eigenvalue weighted by atomic mass is 9.69. The van der Waals surface area contributed by atoms with E-state index in [2.05, 4.69) is 4.90 Å². The average Bonchev–Trinajstić information content (AvgIpc) is 2.75. The van der Waals surface area contributed by atoms with Crippen LogP contribution in [-0.4, -0.2) is 48.8 Å². The van der Waals surface area contributed by atoms with Crippen LogP contribution in [0.5, 0.6) is 11.5 Å². The van der Waals surface area contributed by atoms with Crippen molar-refractivity contribution in [1.29, 1.82) is 0 Å². The van der Waals surface area contributed by atoms with Crippen molar-refractivity contribution in [3.05, 3.63) is 35.4 Å². The second-order valence-electron chi connectivity index (χ2n) is 6.74. The lowest BCUT2D eigenvalue weighted by Crippen LogP contribution is -2.43. The molecule has 1 spiro atoms. The monoisotopic (exact) mass is 353 g/mol. The van der Waals surface area contributed by atoms with Gasteiger partial charge in [0.1, 0.15) is 12.2 Å². The van der Waals surface area contributed by atoms with Crippen molar-refractivity contribution in [1.82, 2.24) is 4.90 Å². The summed E-state index contributed by atoms with van der Waals surface area (Å²) in [5.41, 5.74) is 1.68. The fourth-order valence-corrected chi connectivity index (χ4v) is 4.60. The normalized spacial score (nSPS) is 31.9. The number of aromatic hydroxyl groups is 1. The third-order valence-corrected chi connectivity index (χ3v) is 5.66. The van der Waals surface area contributed by atoms with E-state index in [1.54, 1.807) is 12.1 Å². The van der Waals surface area contributed by atoms with Crippen molar-refractivity contribution in [2.24, 2.45) is 0 Å². The summed E-state index contributed by atoms with van der Waals surface area (Å²) in [6.45, 7) is 1.61. The van der Waals surface area contributed by atoms with Crippen molar-refractivity contribution < 1.29 is 27.0 Å². The predicted molar refractivity (Wildman–Crippen MR) is 85.3 cm³/mol. The summed E-state index contributed by atoms with van der Waals surface area (Å²) in [4.78, 5) is 2.21. The first-order valence-electron chi connectivity index (χ1n) is 7.84. The maximum Gasteiger partial charge on any atom is 0.397 e. The lowest BCUT2D eigenvalue weighted by Gasteiger charge is -2.36. The molecule has 4 rings (SSSR count). The molecule has 0 radical (unpaired) electrons. The van der Waals surface area contributed by atoms with E-state index >= 15 is 0 Å². The Labute approximate surface area is 140 Å². The van der Waals surface area contributed by atoms with E-state index in [9.17, 15) is 13.5 Å². The molecular weight excluding hydrogens is 334 g/mol. The van der Waals surface area contributed by atoms with Crippen LogP contribution in [0, 0.1) is 0 Å². The summed E-state index contributed by atoms with van der Waals surface area (Å²) >= 11 is 0. The fourth-order valence-electron chi connectivity index (χ4n) is 4.14. The molecule has 0 saturated carbocycles. The zero-order chi connectivity index (χ0) is 17.1. The van der Waals surface area contributed by atoms with Gasteiger partial charge in [-0.25, -0.2) is 4.18 Å². The highest BCUT2D eigenvalue weighted by Gasteiger charge is 2.53. The molecule has 8 heteroatoms. The van der Waals surface area contributed by atoms with E-state index in [0.717, 1.165) is 30.6 Å². The molecule has 0 bridgehead atoms. The Morgan fingerprint density at radius 1 is 1.42 bits per heavy atom. The van der Waals surface area contributed by atoms with Gasteiger partial charge in [0.25, 0.3) is 0 Å². The minimum absolute atomic E-state index is 0.0905. The first-order valence-corrected chi connectivity index (χ1v) is 9.20. The van der Waals surface area contributed by atoms with Gasteiger partial charge in [0, 0.05) is 18.5 Å². The number of hydrogen-bond acceptors (Lipinski definition) is 6. The Balaban J connectivity index is 1.80. The number of benzene rings is 1. The number of ether oxygens (including phenoxy) is 1. The second kappa shape index (κ2) is 5.19. The minimum atomic E-state index is -4.53. The summed E-state index contributed by atoms with van der Waals surface area (Å²) in [6.07, 6.45) is 3.55. The number of hydrogen-bond donors (Lipinski definition) is 2. The van der Waals surface area contributed by atoms with Gasteiger partial charge in [0.15, 0.2) is 11.5 Å². The van der Waals surface area contributed by atoms with E-state index in [0.29, 0.717) is 5.75 Å². The Morgan fingerprint density at radius 3 is 2.96 bits per heavy atom. The number of rotatable bonds is 2. The molecule has 1 aromatic rings. The number of phenols is 1. The van der Waals surface area contributed by atoms with Crippen LogP contribution in [0.15, 0.2) is 24.3 Å². The first-order chi connectivity index (χ1) is 11.3. The standard InChI is InChI=1S/C16H19NO6S/c1-17-7-6-16-5-4-11(23-24(19,20)21)8-13(16)22-15-12(18)3-2-10(9-17)14(15)16/h2-5,11,13,18H,6-9H2,1H3,(H,19,20,21)/t11-,13-,16?/m0/s1. The summed E-state index contributed by atoms with van der Waals surface area (Å²) in [6, 6.07) is 3.55. The van der Waals surface area contributed by atoms with Gasteiger partial charge in [-0.1, -0.05) is 18.2 Å². The molecule has 0 aromatic heterocycles. The highest BCUT2D eigenvalue weighted by molar-refractivity contribution is 7.80. The van der Waals surface area contributed by atoms with Crippen molar-refractivity contribution in [3.63, 3.8) is 0 Å². The van der Waals surface area contributed by atoms with Crippen molar-refractivity contribution in [2.75, 3.05) is 13.6 Å². The highest BCUT2D eigenvalue weighted by atomic mass is 32.3. The van der Waals surface area contributed by atoms with Crippen LogP contribution in [0.1, 0.15) is 24.0 Å². The van der Waals surface area contributed by atoms with Gasteiger partial charge in [0.05, 0.1) is 5.41 Å². The van der Waals surface area contributed by atoms with E-state index in [4.69, 9.17) is 13.5 Å². The predicted octanol–water partition coefficient (Wildman–Crippen LogP) is 1.37.